The van der Waals surface area contributed by atoms with E-state index in [1.165, 1.54) is 4.31 Å². The van der Waals surface area contributed by atoms with Crippen LogP contribution in [0.4, 0.5) is 0 Å². The van der Waals surface area contributed by atoms with Gasteiger partial charge >= 0.3 is 0 Å². The van der Waals surface area contributed by atoms with Crippen LogP contribution in [0.3, 0.4) is 0 Å². The summed E-state index contributed by atoms with van der Waals surface area (Å²) in [5, 5.41) is 0. The first-order valence-corrected chi connectivity index (χ1v) is 8.85. The minimum atomic E-state index is -3.50. The van der Waals surface area contributed by atoms with Crippen LogP contribution in [0.5, 0.6) is 0 Å². The van der Waals surface area contributed by atoms with Gasteiger partial charge in [-0.25, -0.2) is 8.42 Å². The van der Waals surface area contributed by atoms with Gasteiger partial charge in [0.1, 0.15) is 0 Å². The molecule has 1 unspecified atom stereocenters. The zero-order chi connectivity index (χ0) is 15.5. The van der Waals surface area contributed by atoms with Crippen molar-refractivity contribution >= 4 is 10.0 Å². The molecule has 1 aliphatic heterocycles. The van der Waals surface area contributed by atoms with Crippen molar-refractivity contribution in [2.24, 2.45) is 5.73 Å². The maximum Gasteiger partial charge on any atom is 0.243 e. The van der Waals surface area contributed by atoms with Crippen molar-refractivity contribution in [1.29, 1.82) is 0 Å². The van der Waals surface area contributed by atoms with E-state index < -0.39 is 10.0 Å². The quantitative estimate of drug-likeness (QED) is 0.867. The Labute approximate surface area is 127 Å². The minimum absolute atomic E-state index is 0.0118. The summed E-state index contributed by atoms with van der Waals surface area (Å²) in [5.74, 6) is 0. The van der Waals surface area contributed by atoms with Gasteiger partial charge in [-0.1, -0.05) is 19.1 Å². The Hall–Kier alpha value is -0.950. The van der Waals surface area contributed by atoms with Gasteiger partial charge < -0.3 is 10.5 Å². The molecule has 21 heavy (non-hydrogen) atoms. The molecule has 1 aromatic rings. The van der Waals surface area contributed by atoms with E-state index in [-0.39, 0.29) is 6.10 Å². The minimum Gasteiger partial charge on any atom is -0.377 e. The molecule has 0 aliphatic carbocycles. The molecule has 1 heterocycles. The first-order chi connectivity index (χ1) is 10.0. The van der Waals surface area contributed by atoms with Crippen LogP contribution < -0.4 is 5.73 Å². The van der Waals surface area contributed by atoms with E-state index >= 15 is 0 Å². The van der Waals surface area contributed by atoms with Gasteiger partial charge in [0.2, 0.25) is 10.0 Å². The highest BCUT2D eigenvalue weighted by Crippen LogP contribution is 2.24. The topological polar surface area (TPSA) is 72.6 Å². The predicted octanol–water partition coefficient (Wildman–Crippen LogP) is 1.64. The molecule has 1 atom stereocenters. The van der Waals surface area contributed by atoms with Gasteiger partial charge in [-0.15, -0.1) is 0 Å². The molecule has 0 bridgehead atoms. The molecule has 2 N–H and O–H groups in total. The number of likely N-dealkylation sites (N-methyl/N-ethyl adjacent to an activating group) is 1. The molecule has 118 valence electrons. The fraction of sp³-hybridized carbons (Fsp3) is 0.600. The Morgan fingerprint density at radius 2 is 2.19 bits per heavy atom. The monoisotopic (exact) mass is 312 g/mol. The molecule has 0 aromatic heterocycles. The molecule has 0 amide bonds. The van der Waals surface area contributed by atoms with Crippen LogP contribution in [0.1, 0.15) is 30.9 Å². The van der Waals surface area contributed by atoms with Crippen LogP contribution in [-0.4, -0.2) is 38.5 Å². The highest BCUT2D eigenvalue weighted by atomic mass is 32.2. The summed E-state index contributed by atoms with van der Waals surface area (Å²) in [7, 11) is -3.50. The second-order valence-corrected chi connectivity index (χ2v) is 7.24. The maximum absolute atomic E-state index is 12.9. The third-order valence-corrected chi connectivity index (χ3v) is 6.10. The summed E-state index contributed by atoms with van der Waals surface area (Å²) in [6.45, 7) is 5.60. The van der Waals surface area contributed by atoms with Crippen LogP contribution in [0.15, 0.2) is 23.1 Å². The van der Waals surface area contributed by atoms with Gasteiger partial charge in [-0.3, -0.25) is 0 Å². The van der Waals surface area contributed by atoms with Gasteiger partial charge in [0, 0.05) is 26.2 Å². The highest BCUT2D eigenvalue weighted by molar-refractivity contribution is 7.89. The summed E-state index contributed by atoms with van der Waals surface area (Å²) in [6, 6.07) is 5.27. The van der Waals surface area contributed by atoms with E-state index in [1.807, 2.05) is 19.9 Å². The zero-order valence-electron chi connectivity index (χ0n) is 12.7. The molecule has 5 nitrogen and oxygen atoms in total. The molecule has 0 spiro atoms. The predicted molar refractivity (Wildman–Crippen MR) is 82.5 cm³/mol. The molecule has 1 fully saturated rings. The Bertz CT molecular complexity index is 581. The lowest BCUT2D eigenvalue weighted by molar-refractivity contribution is 0.0946. The first kappa shape index (κ1) is 16.4. The van der Waals surface area contributed by atoms with E-state index in [4.69, 9.17) is 10.5 Å². The van der Waals surface area contributed by atoms with Crippen LogP contribution in [0.2, 0.25) is 0 Å². The van der Waals surface area contributed by atoms with Crippen LogP contribution in [-0.2, 0) is 21.3 Å². The fourth-order valence-corrected chi connectivity index (χ4v) is 4.46. The molecule has 1 aromatic carbocycles. The van der Waals surface area contributed by atoms with E-state index in [0.29, 0.717) is 24.5 Å². The molecule has 0 radical (unpaired) electrons. The Morgan fingerprint density at radius 1 is 1.43 bits per heavy atom. The highest BCUT2D eigenvalue weighted by Gasteiger charge is 2.29. The second-order valence-electron chi connectivity index (χ2n) is 5.34. The average Bonchev–Trinajstić information content (AvgIpc) is 2.97. The third kappa shape index (κ3) is 3.45. The Morgan fingerprint density at radius 3 is 2.76 bits per heavy atom. The van der Waals surface area contributed by atoms with Crippen molar-refractivity contribution in [3.63, 3.8) is 0 Å². The fourth-order valence-electron chi connectivity index (χ4n) is 2.71. The zero-order valence-corrected chi connectivity index (χ0v) is 13.5. The number of nitrogens with zero attached hydrogens (tertiary/aromatic N) is 1. The van der Waals surface area contributed by atoms with Crippen molar-refractivity contribution in [2.45, 2.75) is 44.2 Å². The van der Waals surface area contributed by atoms with E-state index in [2.05, 4.69) is 0 Å². The summed E-state index contributed by atoms with van der Waals surface area (Å²) in [5.41, 5.74) is 7.28. The number of benzene rings is 1. The lowest BCUT2D eigenvalue weighted by Crippen LogP contribution is -2.37. The number of hydrogen-bond acceptors (Lipinski definition) is 4. The first-order valence-electron chi connectivity index (χ1n) is 7.41. The largest absolute Gasteiger partial charge is 0.377 e. The maximum atomic E-state index is 12.9. The van der Waals surface area contributed by atoms with Crippen LogP contribution in [0.25, 0.3) is 0 Å². The average molecular weight is 312 g/mol. The number of ether oxygens (including phenoxy) is 1. The molecule has 2 rings (SSSR count). The summed E-state index contributed by atoms with van der Waals surface area (Å²) >= 11 is 0. The van der Waals surface area contributed by atoms with Crippen molar-refractivity contribution in [1.82, 2.24) is 4.31 Å². The van der Waals surface area contributed by atoms with E-state index in [0.717, 1.165) is 30.6 Å². The number of nitrogens with two attached hydrogens (primary N) is 1. The Kier molecular flexibility index (Phi) is 5.37. The van der Waals surface area contributed by atoms with Crippen molar-refractivity contribution in [3.8, 4) is 0 Å². The molecular formula is C15H24N2O3S. The third-order valence-electron chi connectivity index (χ3n) is 4.02. The number of rotatable bonds is 6. The van der Waals surface area contributed by atoms with Gasteiger partial charge in [0.25, 0.3) is 0 Å². The van der Waals surface area contributed by atoms with Crippen LogP contribution >= 0.6 is 0 Å². The smallest absolute Gasteiger partial charge is 0.243 e. The number of hydrogen-bond donors (Lipinski definition) is 1. The summed E-state index contributed by atoms with van der Waals surface area (Å²) in [4.78, 5) is 0.352. The van der Waals surface area contributed by atoms with Crippen molar-refractivity contribution in [3.05, 3.63) is 29.3 Å². The van der Waals surface area contributed by atoms with Crippen LogP contribution in [0, 0.1) is 6.92 Å². The molecule has 0 saturated carbocycles. The van der Waals surface area contributed by atoms with Gasteiger partial charge in [-0.05, 0) is 37.0 Å². The molecule has 1 aliphatic rings. The van der Waals surface area contributed by atoms with Gasteiger partial charge in [0.05, 0.1) is 11.0 Å². The molecule has 6 heteroatoms. The van der Waals surface area contributed by atoms with Gasteiger partial charge in [0.15, 0.2) is 0 Å². The molecular weight excluding hydrogens is 288 g/mol. The number of sulfonamides is 1. The molecule has 1 saturated heterocycles. The second kappa shape index (κ2) is 6.87. The normalized spacial score (nSPS) is 19.3. The lowest BCUT2D eigenvalue weighted by Gasteiger charge is -2.24. The lowest BCUT2D eigenvalue weighted by atomic mass is 10.1. The summed E-state index contributed by atoms with van der Waals surface area (Å²) in [6.07, 6.45) is 1.94. The SMILES string of the molecule is CCN(CC1CCCO1)S(=O)(=O)c1cccc(CN)c1C. The van der Waals surface area contributed by atoms with Gasteiger partial charge in [-0.2, -0.15) is 4.31 Å². The van der Waals surface area contributed by atoms with Crippen molar-refractivity contribution < 1.29 is 13.2 Å². The van der Waals surface area contributed by atoms with E-state index in [1.54, 1.807) is 12.1 Å². The van der Waals surface area contributed by atoms with E-state index in [9.17, 15) is 8.42 Å². The Balaban J connectivity index is 2.30. The standard InChI is InChI=1S/C15H24N2O3S/c1-3-17(11-14-7-5-9-20-14)21(18,19)15-8-4-6-13(10-16)12(15)2/h4,6,8,14H,3,5,7,9-11,16H2,1-2H3. The van der Waals surface area contributed by atoms with Crippen molar-refractivity contribution in [2.75, 3.05) is 19.7 Å². The summed E-state index contributed by atoms with van der Waals surface area (Å²) < 4.78 is 32.8.